The number of carbonyl (C=O) groups excluding carboxylic acids is 1. The molecular formula is C13H27N3O2. The molecular weight excluding hydrogens is 230 g/mol. The number of nitrogens with one attached hydrogen (secondary N) is 1. The summed E-state index contributed by atoms with van der Waals surface area (Å²) in [6, 6.07) is 0.0352. The molecule has 0 aromatic carbocycles. The van der Waals surface area contributed by atoms with Crippen LogP contribution in [0.5, 0.6) is 0 Å². The van der Waals surface area contributed by atoms with E-state index in [1.165, 1.54) is 0 Å². The lowest BCUT2D eigenvalue weighted by Gasteiger charge is -2.33. The van der Waals surface area contributed by atoms with Crippen LogP contribution in [0, 0.1) is 0 Å². The summed E-state index contributed by atoms with van der Waals surface area (Å²) >= 11 is 0. The van der Waals surface area contributed by atoms with Gasteiger partial charge in [0.15, 0.2) is 0 Å². The Labute approximate surface area is 110 Å². The van der Waals surface area contributed by atoms with Crippen LogP contribution in [0.4, 0.5) is 0 Å². The molecule has 1 N–H and O–H groups in total. The van der Waals surface area contributed by atoms with Gasteiger partial charge in [-0.05, 0) is 26.4 Å². The lowest BCUT2D eigenvalue weighted by Crippen LogP contribution is -2.52. The van der Waals surface area contributed by atoms with Crippen LogP contribution in [0.15, 0.2) is 0 Å². The molecule has 0 aliphatic carbocycles. The standard InChI is InChI=1S/C13H27N3O2/c1-4-14-12-6-5-7-16(13(12)17)9-8-15(2)10-11-18-3/h12,14H,4-11H2,1-3H3. The molecule has 0 aromatic rings. The zero-order chi connectivity index (χ0) is 13.4. The molecule has 1 aliphatic heterocycles. The van der Waals surface area contributed by atoms with E-state index in [4.69, 9.17) is 4.74 Å². The molecule has 1 fully saturated rings. The van der Waals surface area contributed by atoms with Gasteiger partial charge in [0.25, 0.3) is 0 Å². The Morgan fingerprint density at radius 1 is 1.50 bits per heavy atom. The second kappa shape index (κ2) is 8.45. The molecule has 0 saturated carbocycles. The van der Waals surface area contributed by atoms with E-state index in [1.54, 1.807) is 7.11 Å². The van der Waals surface area contributed by atoms with Crippen molar-refractivity contribution in [2.45, 2.75) is 25.8 Å². The third-order valence-corrected chi connectivity index (χ3v) is 3.41. The maximum atomic E-state index is 12.2. The number of amides is 1. The summed E-state index contributed by atoms with van der Waals surface area (Å²) in [6.07, 6.45) is 2.08. The first-order valence-electron chi connectivity index (χ1n) is 6.88. The van der Waals surface area contributed by atoms with Gasteiger partial charge in [-0.25, -0.2) is 0 Å². The highest BCUT2D eigenvalue weighted by Crippen LogP contribution is 2.11. The lowest BCUT2D eigenvalue weighted by molar-refractivity contribution is -0.136. The van der Waals surface area contributed by atoms with Crippen LogP contribution in [0.1, 0.15) is 19.8 Å². The fourth-order valence-corrected chi connectivity index (χ4v) is 2.25. The van der Waals surface area contributed by atoms with Gasteiger partial charge >= 0.3 is 0 Å². The van der Waals surface area contributed by atoms with Crippen molar-refractivity contribution in [2.24, 2.45) is 0 Å². The molecule has 18 heavy (non-hydrogen) atoms. The van der Waals surface area contributed by atoms with E-state index in [-0.39, 0.29) is 11.9 Å². The van der Waals surface area contributed by atoms with E-state index in [0.29, 0.717) is 0 Å². The summed E-state index contributed by atoms with van der Waals surface area (Å²) in [5.74, 6) is 0.267. The van der Waals surface area contributed by atoms with Crippen LogP contribution in [0.25, 0.3) is 0 Å². The molecule has 1 amide bonds. The van der Waals surface area contributed by atoms with Crippen molar-refractivity contribution in [3.8, 4) is 0 Å². The van der Waals surface area contributed by atoms with Crippen molar-refractivity contribution >= 4 is 5.91 Å². The number of likely N-dealkylation sites (N-methyl/N-ethyl adjacent to an activating group) is 2. The average molecular weight is 257 g/mol. The number of rotatable bonds is 8. The Kier molecular flexibility index (Phi) is 7.23. The molecule has 5 nitrogen and oxygen atoms in total. The molecule has 0 radical (unpaired) electrons. The van der Waals surface area contributed by atoms with Crippen molar-refractivity contribution in [2.75, 3.05) is 53.5 Å². The minimum atomic E-state index is 0.0352. The van der Waals surface area contributed by atoms with Crippen LogP contribution in [0.2, 0.25) is 0 Å². The smallest absolute Gasteiger partial charge is 0.239 e. The van der Waals surface area contributed by atoms with E-state index < -0.39 is 0 Å². The molecule has 0 bridgehead atoms. The van der Waals surface area contributed by atoms with Crippen LogP contribution >= 0.6 is 0 Å². The number of carbonyl (C=O) groups is 1. The summed E-state index contributed by atoms with van der Waals surface area (Å²) in [6.45, 7) is 7.19. The Bertz CT molecular complexity index is 246. The van der Waals surface area contributed by atoms with E-state index in [2.05, 4.69) is 17.3 Å². The van der Waals surface area contributed by atoms with E-state index in [0.717, 1.165) is 52.2 Å². The first kappa shape index (κ1) is 15.4. The van der Waals surface area contributed by atoms with Crippen molar-refractivity contribution in [3.05, 3.63) is 0 Å². The van der Waals surface area contributed by atoms with Gasteiger partial charge in [-0.1, -0.05) is 6.92 Å². The Morgan fingerprint density at radius 3 is 2.94 bits per heavy atom. The second-order valence-electron chi connectivity index (χ2n) is 4.87. The van der Waals surface area contributed by atoms with Gasteiger partial charge in [0.2, 0.25) is 5.91 Å². The fraction of sp³-hybridized carbons (Fsp3) is 0.923. The topological polar surface area (TPSA) is 44.8 Å². The summed E-state index contributed by atoms with van der Waals surface area (Å²) < 4.78 is 5.04. The molecule has 0 spiro atoms. The molecule has 1 saturated heterocycles. The summed E-state index contributed by atoms with van der Waals surface area (Å²) in [7, 11) is 3.78. The monoisotopic (exact) mass is 257 g/mol. The number of piperidine rings is 1. The normalized spacial score (nSPS) is 20.8. The highest BCUT2D eigenvalue weighted by molar-refractivity contribution is 5.82. The molecule has 1 heterocycles. The Balaban J connectivity index is 2.30. The second-order valence-corrected chi connectivity index (χ2v) is 4.87. The lowest BCUT2D eigenvalue weighted by atomic mass is 10.0. The summed E-state index contributed by atoms with van der Waals surface area (Å²) in [5, 5.41) is 3.26. The highest BCUT2D eigenvalue weighted by Gasteiger charge is 2.27. The van der Waals surface area contributed by atoms with Gasteiger partial charge < -0.3 is 19.9 Å². The SMILES string of the molecule is CCNC1CCCN(CCN(C)CCOC)C1=O. The van der Waals surface area contributed by atoms with Gasteiger partial charge in [0.1, 0.15) is 0 Å². The fourth-order valence-electron chi connectivity index (χ4n) is 2.25. The average Bonchev–Trinajstić information content (AvgIpc) is 2.37. The van der Waals surface area contributed by atoms with Crippen LogP contribution in [0.3, 0.4) is 0 Å². The molecule has 5 heteroatoms. The predicted octanol–water partition coefficient (Wildman–Crippen LogP) is 0.165. The molecule has 1 unspecified atom stereocenters. The Hall–Kier alpha value is -0.650. The number of methoxy groups -OCH3 is 1. The van der Waals surface area contributed by atoms with Crippen LogP contribution in [-0.4, -0.2) is 75.2 Å². The first-order chi connectivity index (χ1) is 8.69. The number of hydrogen-bond acceptors (Lipinski definition) is 4. The highest BCUT2D eigenvalue weighted by atomic mass is 16.5. The van der Waals surface area contributed by atoms with Gasteiger partial charge in [-0.2, -0.15) is 0 Å². The predicted molar refractivity (Wildman–Crippen MR) is 72.7 cm³/mol. The van der Waals surface area contributed by atoms with Crippen LogP contribution in [-0.2, 0) is 9.53 Å². The van der Waals surface area contributed by atoms with E-state index in [9.17, 15) is 4.79 Å². The third kappa shape index (κ3) is 4.92. The van der Waals surface area contributed by atoms with Crippen molar-refractivity contribution in [1.82, 2.24) is 15.1 Å². The number of hydrogen-bond donors (Lipinski definition) is 1. The van der Waals surface area contributed by atoms with Gasteiger partial charge in [0, 0.05) is 33.3 Å². The number of nitrogens with zero attached hydrogens (tertiary/aromatic N) is 2. The third-order valence-electron chi connectivity index (χ3n) is 3.41. The first-order valence-corrected chi connectivity index (χ1v) is 6.88. The van der Waals surface area contributed by atoms with Gasteiger partial charge in [-0.15, -0.1) is 0 Å². The Morgan fingerprint density at radius 2 is 2.28 bits per heavy atom. The van der Waals surface area contributed by atoms with Crippen molar-refractivity contribution in [1.29, 1.82) is 0 Å². The number of ether oxygens (including phenoxy) is 1. The van der Waals surface area contributed by atoms with Crippen molar-refractivity contribution in [3.63, 3.8) is 0 Å². The molecule has 0 aromatic heterocycles. The van der Waals surface area contributed by atoms with Crippen molar-refractivity contribution < 1.29 is 9.53 Å². The molecule has 1 atom stereocenters. The quantitative estimate of drug-likeness (QED) is 0.673. The summed E-state index contributed by atoms with van der Waals surface area (Å²) in [4.78, 5) is 16.4. The molecule has 1 aliphatic rings. The molecule has 1 rings (SSSR count). The van der Waals surface area contributed by atoms with Gasteiger partial charge in [-0.3, -0.25) is 4.79 Å². The van der Waals surface area contributed by atoms with E-state index >= 15 is 0 Å². The zero-order valence-corrected chi connectivity index (χ0v) is 11.9. The van der Waals surface area contributed by atoms with E-state index in [1.807, 2.05) is 11.8 Å². The minimum absolute atomic E-state index is 0.0352. The minimum Gasteiger partial charge on any atom is -0.383 e. The van der Waals surface area contributed by atoms with Gasteiger partial charge in [0.05, 0.1) is 12.6 Å². The molecule has 106 valence electrons. The number of likely N-dealkylation sites (tertiary alicyclic amines) is 1. The largest absolute Gasteiger partial charge is 0.383 e. The summed E-state index contributed by atoms with van der Waals surface area (Å²) in [5.41, 5.74) is 0. The van der Waals surface area contributed by atoms with Crippen LogP contribution < -0.4 is 5.32 Å². The maximum Gasteiger partial charge on any atom is 0.239 e. The zero-order valence-electron chi connectivity index (χ0n) is 11.9. The maximum absolute atomic E-state index is 12.2.